The molecule has 0 spiro atoms. The fourth-order valence-electron chi connectivity index (χ4n) is 2.78. The van der Waals surface area contributed by atoms with Crippen LogP contribution in [0.1, 0.15) is 50.7 Å². The number of likely N-dealkylation sites (N-methyl/N-ethyl adjacent to an activating group) is 1. The van der Waals surface area contributed by atoms with Gasteiger partial charge in [-0.1, -0.05) is 38.1 Å². The lowest BCUT2D eigenvalue weighted by Crippen LogP contribution is -2.40. The summed E-state index contributed by atoms with van der Waals surface area (Å²) >= 11 is 0. The Morgan fingerprint density at radius 2 is 1.86 bits per heavy atom. The highest BCUT2D eigenvalue weighted by Gasteiger charge is 2.30. The lowest BCUT2D eigenvalue weighted by atomic mass is 10.0. The molecule has 1 aromatic carbocycles. The Balaban J connectivity index is 1.67. The number of amides is 1. The summed E-state index contributed by atoms with van der Waals surface area (Å²) in [5, 5.41) is 3.03. The Bertz CT molecular complexity index is 477. The summed E-state index contributed by atoms with van der Waals surface area (Å²) in [5.41, 5.74) is 2.65. The molecule has 1 atom stereocenters. The van der Waals surface area contributed by atoms with Crippen LogP contribution < -0.4 is 5.32 Å². The van der Waals surface area contributed by atoms with Crippen molar-refractivity contribution in [3.63, 3.8) is 0 Å². The lowest BCUT2D eigenvalue weighted by molar-refractivity contribution is -0.122. The maximum absolute atomic E-state index is 12.0. The van der Waals surface area contributed by atoms with Gasteiger partial charge in [0.1, 0.15) is 0 Å². The monoisotopic (exact) mass is 302 g/mol. The topological polar surface area (TPSA) is 32.3 Å². The van der Waals surface area contributed by atoms with Crippen LogP contribution in [0.25, 0.3) is 0 Å². The fraction of sp³-hybridized carbons (Fsp3) is 0.632. The third-order valence-corrected chi connectivity index (χ3v) is 4.77. The van der Waals surface area contributed by atoms with Gasteiger partial charge in [0.05, 0.1) is 6.54 Å². The van der Waals surface area contributed by atoms with Crippen molar-refractivity contribution in [1.82, 2.24) is 10.2 Å². The molecule has 22 heavy (non-hydrogen) atoms. The largest absolute Gasteiger partial charge is 0.355 e. The van der Waals surface area contributed by atoms with Gasteiger partial charge in [-0.15, -0.1) is 0 Å². The number of hydrogen-bond donors (Lipinski definition) is 1. The molecule has 0 aliphatic heterocycles. The van der Waals surface area contributed by atoms with E-state index in [4.69, 9.17) is 0 Å². The van der Waals surface area contributed by atoms with E-state index in [2.05, 4.69) is 55.3 Å². The lowest BCUT2D eigenvalue weighted by Gasteiger charge is -2.23. The maximum Gasteiger partial charge on any atom is 0.234 e. The zero-order chi connectivity index (χ0) is 16.1. The van der Waals surface area contributed by atoms with Gasteiger partial charge in [0, 0.05) is 12.6 Å². The molecule has 0 heterocycles. The minimum atomic E-state index is 0.133. The molecular formula is C19H30N2O. The van der Waals surface area contributed by atoms with Gasteiger partial charge in [0.25, 0.3) is 0 Å². The Hall–Kier alpha value is -1.35. The molecule has 1 N–H and O–H groups in total. The molecule has 1 aromatic rings. The first-order valence-corrected chi connectivity index (χ1v) is 8.53. The first-order chi connectivity index (χ1) is 10.5. The zero-order valence-electron chi connectivity index (χ0n) is 14.4. The Kier molecular flexibility index (Phi) is 6.01. The van der Waals surface area contributed by atoms with Crippen molar-refractivity contribution in [3.8, 4) is 0 Å². The van der Waals surface area contributed by atoms with Crippen LogP contribution in [0.5, 0.6) is 0 Å². The van der Waals surface area contributed by atoms with Crippen molar-refractivity contribution in [2.45, 2.75) is 52.0 Å². The molecule has 1 amide bonds. The first-order valence-electron chi connectivity index (χ1n) is 8.53. The Labute approximate surface area is 135 Å². The van der Waals surface area contributed by atoms with Gasteiger partial charge in [-0.2, -0.15) is 0 Å². The zero-order valence-corrected chi connectivity index (χ0v) is 14.4. The highest BCUT2D eigenvalue weighted by Crippen LogP contribution is 2.34. The van der Waals surface area contributed by atoms with E-state index in [1.807, 2.05) is 7.05 Å². The molecule has 3 heteroatoms. The van der Waals surface area contributed by atoms with E-state index in [1.165, 1.54) is 24.0 Å². The Morgan fingerprint density at radius 3 is 2.41 bits per heavy atom. The summed E-state index contributed by atoms with van der Waals surface area (Å²) < 4.78 is 0. The van der Waals surface area contributed by atoms with E-state index in [0.717, 1.165) is 12.3 Å². The molecule has 1 aliphatic rings. The van der Waals surface area contributed by atoms with E-state index in [1.54, 1.807) is 0 Å². The molecular weight excluding hydrogens is 272 g/mol. The molecule has 3 nitrogen and oxygen atoms in total. The minimum absolute atomic E-state index is 0.133. The molecule has 0 bridgehead atoms. The second kappa shape index (κ2) is 7.77. The molecule has 0 aromatic heterocycles. The molecule has 1 fully saturated rings. The summed E-state index contributed by atoms with van der Waals surface area (Å²) in [4.78, 5) is 14.2. The van der Waals surface area contributed by atoms with Crippen LogP contribution in [0.2, 0.25) is 0 Å². The second-order valence-electron chi connectivity index (χ2n) is 6.99. The smallest absolute Gasteiger partial charge is 0.234 e. The van der Waals surface area contributed by atoms with E-state index in [-0.39, 0.29) is 5.91 Å². The number of carbonyl (C=O) groups excluding carboxylic acids is 1. The Morgan fingerprint density at radius 1 is 1.23 bits per heavy atom. The summed E-state index contributed by atoms with van der Waals surface area (Å²) in [5.74, 6) is 1.50. The fourth-order valence-corrected chi connectivity index (χ4v) is 2.78. The molecule has 0 radical (unpaired) electrons. The van der Waals surface area contributed by atoms with E-state index >= 15 is 0 Å². The number of nitrogens with zero attached hydrogens (tertiary/aromatic N) is 1. The highest BCUT2D eigenvalue weighted by molar-refractivity contribution is 5.78. The summed E-state index contributed by atoms with van der Waals surface area (Å²) in [6, 6.07) is 9.24. The van der Waals surface area contributed by atoms with Gasteiger partial charge in [0.15, 0.2) is 0 Å². The van der Waals surface area contributed by atoms with Crippen molar-refractivity contribution < 1.29 is 4.79 Å². The van der Waals surface area contributed by atoms with Gasteiger partial charge in [-0.25, -0.2) is 0 Å². The maximum atomic E-state index is 12.0. The number of nitrogens with one attached hydrogen (secondary N) is 1. The normalized spacial score (nSPS) is 16.1. The van der Waals surface area contributed by atoms with Crippen molar-refractivity contribution in [2.75, 3.05) is 20.1 Å². The third kappa shape index (κ3) is 5.13. The van der Waals surface area contributed by atoms with Crippen LogP contribution in [-0.2, 0) is 11.2 Å². The van der Waals surface area contributed by atoms with Gasteiger partial charge < -0.3 is 5.32 Å². The SMILES string of the molecule is CC(C)c1ccc(CCNC(=O)CN(C)C(C)C2CC2)cc1. The molecule has 1 aliphatic carbocycles. The summed E-state index contributed by atoms with van der Waals surface area (Å²) in [6.45, 7) is 7.85. The van der Waals surface area contributed by atoms with Crippen LogP contribution in [0.15, 0.2) is 24.3 Å². The average molecular weight is 302 g/mol. The molecule has 122 valence electrons. The first kappa shape index (κ1) is 17.0. The third-order valence-electron chi connectivity index (χ3n) is 4.77. The number of hydrogen-bond acceptors (Lipinski definition) is 2. The van der Waals surface area contributed by atoms with E-state index in [0.29, 0.717) is 25.0 Å². The summed E-state index contributed by atoms with van der Waals surface area (Å²) in [7, 11) is 2.05. The van der Waals surface area contributed by atoms with Crippen LogP contribution in [0.3, 0.4) is 0 Å². The van der Waals surface area contributed by atoms with Crippen LogP contribution >= 0.6 is 0 Å². The van der Waals surface area contributed by atoms with Crippen molar-refractivity contribution >= 4 is 5.91 Å². The van der Waals surface area contributed by atoms with Crippen molar-refractivity contribution in [1.29, 1.82) is 0 Å². The van der Waals surface area contributed by atoms with Crippen molar-refractivity contribution in [3.05, 3.63) is 35.4 Å². The van der Waals surface area contributed by atoms with Gasteiger partial charge in [-0.3, -0.25) is 9.69 Å². The number of rotatable bonds is 8. The van der Waals surface area contributed by atoms with E-state index < -0.39 is 0 Å². The van der Waals surface area contributed by atoms with Crippen molar-refractivity contribution in [2.24, 2.45) is 5.92 Å². The van der Waals surface area contributed by atoms with Gasteiger partial charge in [-0.05, 0) is 56.2 Å². The van der Waals surface area contributed by atoms with Crippen LogP contribution in [0, 0.1) is 5.92 Å². The van der Waals surface area contributed by atoms with Crippen LogP contribution in [0.4, 0.5) is 0 Å². The molecule has 2 rings (SSSR count). The standard InChI is InChI=1S/C19H30N2O/c1-14(2)17-7-5-16(6-8-17)11-12-20-19(22)13-21(4)15(3)18-9-10-18/h5-8,14-15,18H,9-13H2,1-4H3,(H,20,22). The van der Waals surface area contributed by atoms with Crippen LogP contribution in [-0.4, -0.2) is 37.0 Å². The molecule has 1 saturated carbocycles. The molecule has 0 saturated heterocycles. The number of carbonyl (C=O) groups is 1. The second-order valence-corrected chi connectivity index (χ2v) is 6.99. The predicted molar refractivity (Wildman–Crippen MR) is 92.1 cm³/mol. The average Bonchev–Trinajstić information content (AvgIpc) is 3.31. The summed E-state index contributed by atoms with van der Waals surface area (Å²) in [6.07, 6.45) is 3.53. The van der Waals surface area contributed by atoms with E-state index in [9.17, 15) is 4.79 Å². The highest BCUT2D eigenvalue weighted by atomic mass is 16.2. The predicted octanol–water partition coefficient (Wildman–Crippen LogP) is 3.20. The van der Waals surface area contributed by atoms with Gasteiger partial charge >= 0.3 is 0 Å². The number of benzene rings is 1. The minimum Gasteiger partial charge on any atom is -0.355 e. The van der Waals surface area contributed by atoms with Gasteiger partial charge in [0.2, 0.25) is 5.91 Å². The molecule has 1 unspecified atom stereocenters. The quantitative estimate of drug-likeness (QED) is 0.800.